The van der Waals surface area contributed by atoms with Crippen molar-refractivity contribution in [2.24, 2.45) is 0 Å². The molecule has 21 heavy (non-hydrogen) atoms. The van der Waals surface area contributed by atoms with Gasteiger partial charge in [0.2, 0.25) is 5.89 Å². The van der Waals surface area contributed by atoms with Gasteiger partial charge in [-0.25, -0.2) is 0 Å². The summed E-state index contributed by atoms with van der Waals surface area (Å²) in [7, 11) is 0. The average Bonchev–Trinajstić information content (AvgIpc) is 2.83. The molecule has 0 atom stereocenters. The molecule has 0 radical (unpaired) electrons. The van der Waals surface area contributed by atoms with Crippen LogP contribution in [0.4, 0.5) is 0 Å². The largest absolute Gasteiger partial charge is 0.483 e. The number of benzene rings is 1. The highest BCUT2D eigenvalue weighted by Gasteiger charge is 2.11. The minimum atomic E-state index is 0.239. The van der Waals surface area contributed by atoms with E-state index in [9.17, 15) is 0 Å². The van der Waals surface area contributed by atoms with Crippen molar-refractivity contribution in [1.29, 1.82) is 0 Å². The summed E-state index contributed by atoms with van der Waals surface area (Å²) in [6, 6.07) is 5.90. The van der Waals surface area contributed by atoms with Gasteiger partial charge < -0.3 is 9.15 Å². The number of aryl methyl sites for hydroxylation is 3. The van der Waals surface area contributed by atoms with Crippen LogP contribution in [-0.4, -0.2) is 15.2 Å². The van der Waals surface area contributed by atoms with Gasteiger partial charge in [0, 0.05) is 18.0 Å². The first-order valence-corrected chi connectivity index (χ1v) is 7.32. The van der Waals surface area contributed by atoms with Crippen molar-refractivity contribution in [1.82, 2.24) is 15.2 Å². The van der Waals surface area contributed by atoms with Crippen molar-refractivity contribution < 1.29 is 9.15 Å². The van der Waals surface area contributed by atoms with Crippen LogP contribution in [0.2, 0.25) is 0 Å². The summed E-state index contributed by atoms with van der Waals surface area (Å²) < 4.78 is 11.9. The molecule has 3 rings (SSSR count). The Kier molecular flexibility index (Phi) is 3.63. The maximum absolute atomic E-state index is 5.76. The van der Waals surface area contributed by atoms with Crippen molar-refractivity contribution in [3.63, 3.8) is 0 Å². The molecular formula is C15H14BrN3O2. The van der Waals surface area contributed by atoms with Crippen LogP contribution >= 0.6 is 15.9 Å². The van der Waals surface area contributed by atoms with Gasteiger partial charge in [-0.2, -0.15) is 0 Å². The molecule has 0 fully saturated rings. The summed E-state index contributed by atoms with van der Waals surface area (Å²) in [5.41, 5.74) is 3.10. The molecule has 108 valence electrons. The molecule has 6 heteroatoms. The van der Waals surface area contributed by atoms with Crippen molar-refractivity contribution in [2.45, 2.75) is 27.4 Å². The van der Waals surface area contributed by atoms with Gasteiger partial charge >= 0.3 is 0 Å². The van der Waals surface area contributed by atoms with Crippen molar-refractivity contribution in [3.8, 4) is 5.75 Å². The van der Waals surface area contributed by atoms with Crippen LogP contribution in [0.5, 0.6) is 5.75 Å². The minimum absolute atomic E-state index is 0.239. The molecule has 1 aromatic carbocycles. The summed E-state index contributed by atoms with van der Waals surface area (Å²) in [5.74, 6) is 1.71. The Bertz CT molecular complexity index is 814. The first-order valence-electron chi connectivity index (χ1n) is 6.53. The minimum Gasteiger partial charge on any atom is -0.483 e. The highest BCUT2D eigenvalue weighted by Crippen LogP contribution is 2.35. The van der Waals surface area contributed by atoms with Gasteiger partial charge in [-0.15, -0.1) is 10.2 Å². The average molecular weight is 348 g/mol. The molecule has 0 amide bonds. The van der Waals surface area contributed by atoms with Crippen LogP contribution in [0, 0.1) is 20.8 Å². The van der Waals surface area contributed by atoms with Crippen molar-refractivity contribution in [2.75, 3.05) is 0 Å². The zero-order chi connectivity index (χ0) is 15.0. The molecule has 0 bridgehead atoms. The Morgan fingerprint density at radius 1 is 1.19 bits per heavy atom. The quantitative estimate of drug-likeness (QED) is 0.719. The second kappa shape index (κ2) is 5.44. The first kappa shape index (κ1) is 14.0. The number of ether oxygens (including phenoxy) is 1. The summed E-state index contributed by atoms with van der Waals surface area (Å²) in [6.07, 6.45) is 0. The molecule has 2 aromatic heterocycles. The van der Waals surface area contributed by atoms with Crippen LogP contribution < -0.4 is 4.74 Å². The summed E-state index contributed by atoms with van der Waals surface area (Å²) in [6.45, 7) is 6.04. The van der Waals surface area contributed by atoms with Crippen molar-refractivity contribution >= 4 is 26.8 Å². The Morgan fingerprint density at radius 3 is 2.71 bits per heavy atom. The monoisotopic (exact) mass is 347 g/mol. The predicted octanol–water partition coefficient (Wildman–Crippen LogP) is 3.88. The number of fused-ring (bicyclic) bond motifs is 1. The molecule has 0 aliphatic carbocycles. The lowest BCUT2D eigenvalue weighted by Gasteiger charge is -2.11. The lowest BCUT2D eigenvalue weighted by atomic mass is 10.1. The lowest BCUT2D eigenvalue weighted by Crippen LogP contribution is -1.98. The van der Waals surface area contributed by atoms with Crippen LogP contribution in [-0.2, 0) is 6.61 Å². The zero-order valence-corrected chi connectivity index (χ0v) is 13.6. The van der Waals surface area contributed by atoms with E-state index >= 15 is 0 Å². The van der Waals surface area contributed by atoms with E-state index in [2.05, 4.69) is 44.1 Å². The zero-order valence-electron chi connectivity index (χ0n) is 12.0. The van der Waals surface area contributed by atoms with Gasteiger partial charge in [0.05, 0.1) is 9.99 Å². The van der Waals surface area contributed by atoms with Gasteiger partial charge in [-0.05, 0) is 53.5 Å². The molecule has 0 aliphatic rings. The molecule has 0 aliphatic heterocycles. The molecule has 0 saturated heterocycles. The van der Waals surface area contributed by atoms with E-state index in [1.165, 1.54) is 0 Å². The summed E-state index contributed by atoms with van der Waals surface area (Å²) in [5, 5.41) is 8.74. The second-order valence-corrected chi connectivity index (χ2v) is 5.65. The maximum atomic E-state index is 5.76. The third-order valence-corrected chi connectivity index (χ3v) is 3.91. The Morgan fingerprint density at radius 2 is 2.00 bits per heavy atom. The van der Waals surface area contributed by atoms with Crippen LogP contribution in [0.1, 0.15) is 23.0 Å². The van der Waals surface area contributed by atoms with E-state index < -0.39 is 0 Å². The molecule has 0 N–H and O–H groups in total. The Balaban J connectivity index is 1.94. The van der Waals surface area contributed by atoms with E-state index in [1.54, 1.807) is 6.92 Å². The van der Waals surface area contributed by atoms with E-state index in [0.29, 0.717) is 11.8 Å². The lowest BCUT2D eigenvalue weighted by molar-refractivity contribution is 0.259. The molecule has 2 heterocycles. The van der Waals surface area contributed by atoms with E-state index in [0.717, 1.165) is 32.4 Å². The van der Waals surface area contributed by atoms with Crippen LogP contribution in [0.25, 0.3) is 10.9 Å². The smallest absolute Gasteiger partial charge is 0.253 e. The number of hydrogen-bond acceptors (Lipinski definition) is 5. The number of halogens is 1. The van der Waals surface area contributed by atoms with Gasteiger partial charge in [0.1, 0.15) is 5.75 Å². The molecule has 3 aromatic rings. The number of aromatic nitrogens is 3. The highest BCUT2D eigenvalue weighted by atomic mass is 79.9. The van der Waals surface area contributed by atoms with Crippen molar-refractivity contribution in [3.05, 3.63) is 45.7 Å². The molecule has 0 spiro atoms. The molecular weight excluding hydrogens is 334 g/mol. The fourth-order valence-electron chi connectivity index (χ4n) is 2.27. The topological polar surface area (TPSA) is 61.0 Å². The number of hydrogen-bond donors (Lipinski definition) is 0. The maximum Gasteiger partial charge on any atom is 0.253 e. The normalized spacial score (nSPS) is 11.0. The van der Waals surface area contributed by atoms with Gasteiger partial charge in [0.15, 0.2) is 6.61 Å². The predicted molar refractivity (Wildman–Crippen MR) is 82.3 cm³/mol. The third-order valence-electron chi connectivity index (χ3n) is 3.12. The third kappa shape index (κ3) is 2.76. The first-order chi connectivity index (χ1) is 10.0. The number of nitrogens with zero attached hydrogens (tertiary/aromatic N) is 3. The SMILES string of the molecule is Cc1cc(C)c2c(Br)c(OCc3nnc(C)o3)ccc2n1. The second-order valence-electron chi connectivity index (χ2n) is 4.86. The molecule has 5 nitrogen and oxygen atoms in total. The van der Waals surface area contributed by atoms with E-state index in [1.807, 2.05) is 19.1 Å². The van der Waals surface area contributed by atoms with Gasteiger partial charge in [-0.1, -0.05) is 0 Å². The summed E-state index contributed by atoms with van der Waals surface area (Å²) >= 11 is 3.60. The molecule has 0 unspecified atom stereocenters. The fourth-order valence-corrected chi connectivity index (χ4v) is 3.03. The van der Waals surface area contributed by atoms with Crippen LogP contribution in [0.15, 0.2) is 27.1 Å². The highest BCUT2D eigenvalue weighted by molar-refractivity contribution is 9.10. The van der Waals surface area contributed by atoms with Crippen LogP contribution in [0.3, 0.4) is 0 Å². The van der Waals surface area contributed by atoms with Gasteiger partial charge in [-0.3, -0.25) is 4.98 Å². The number of rotatable bonds is 3. The Hall–Kier alpha value is -1.95. The summed E-state index contributed by atoms with van der Waals surface area (Å²) in [4.78, 5) is 4.53. The Labute approximate surface area is 130 Å². The van der Waals surface area contributed by atoms with E-state index in [4.69, 9.17) is 9.15 Å². The van der Waals surface area contributed by atoms with Gasteiger partial charge in [0.25, 0.3) is 5.89 Å². The standard InChI is InChI=1S/C15H14BrN3O2/c1-8-6-9(2)17-11-4-5-12(15(16)14(8)11)20-7-13-19-18-10(3)21-13/h4-6H,7H2,1-3H3. The fraction of sp³-hybridized carbons (Fsp3) is 0.267. The molecule has 0 saturated carbocycles. The van der Waals surface area contributed by atoms with E-state index in [-0.39, 0.29) is 6.61 Å². The number of pyridine rings is 1.